The molecule has 3 heterocycles. The van der Waals surface area contributed by atoms with E-state index in [2.05, 4.69) is 15.3 Å². The molecule has 3 rings (SSSR count). The third kappa shape index (κ3) is 3.12. The number of aromatic nitrogens is 3. The predicted octanol–water partition coefficient (Wildman–Crippen LogP) is 2.82. The summed E-state index contributed by atoms with van der Waals surface area (Å²) in [5.74, 6) is 1.98. The first-order valence-corrected chi connectivity index (χ1v) is 6.71. The van der Waals surface area contributed by atoms with Crippen molar-refractivity contribution in [3.63, 3.8) is 0 Å². The number of furan rings is 1. The van der Waals surface area contributed by atoms with Crippen molar-refractivity contribution in [1.29, 1.82) is 0 Å². The summed E-state index contributed by atoms with van der Waals surface area (Å²) in [4.78, 5) is 20.3. The Morgan fingerprint density at radius 1 is 1.32 bits per heavy atom. The number of pyridine rings is 1. The van der Waals surface area contributed by atoms with E-state index in [1.807, 2.05) is 23.8 Å². The Bertz CT molecular complexity index is 786. The van der Waals surface area contributed by atoms with Gasteiger partial charge in [0.1, 0.15) is 17.4 Å². The van der Waals surface area contributed by atoms with Crippen LogP contribution >= 0.6 is 0 Å². The molecule has 6 nitrogen and oxygen atoms in total. The van der Waals surface area contributed by atoms with E-state index in [-0.39, 0.29) is 5.91 Å². The summed E-state index contributed by atoms with van der Waals surface area (Å²) in [5, 5.41) is 2.74. The first-order chi connectivity index (χ1) is 10.7. The van der Waals surface area contributed by atoms with Crippen molar-refractivity contribution in [1.82, 2.24) is 14.5 Å². The molecular formula is C16H14N4O2. The maximum absolute atomic E-state index is 11.8. The van der Waals surface area contributed by atoms with Crippen LogP contribution < -0.4 is 5.32 Å². The van der Waals surface area contributed by atoms with Crippen LogP contribution in [-0.4, -0.2) is 20.4 Å². The Balaban J connectivity index is 1.66. The number of amides is 1. The van der Waals surface area contributed by atoms with Gasteiger partial charge in [0.2, 0.25) is 5.91 Å². The van der Waals surface area contributed by atoms with Crippen LogP contribution in [0.25, 0.3) is 11.9 Å². The largest absolute Gasteiger partial charge is 0.465 e. The van der Waals surface area contributed by atoms with E-state index >= 15 is 0 Å². The number of carbonyl (C=O) groups excluding carboxylic acids is 1. The Kier molecular flexibility index (Phi) is 3.82. The van der Waals surface area contributed by atoms with Crippen molar-refractivity contribution < 1.29 is 9.21 Å². The zero-order valence-electron chi connectivity index (χ0n) is 11.9. The van der Waals surface area contributed by atoms with Crippen LogP contribution in [0.4, 0.5) is 5.69 Å². The molecule has 0 spiro atoms. The van der Waals surface area contributed by atoms with Crippen LogP contribution in [0.2, 0.25) is 0 Å². The first-order valence-electron chi connectivity index (χ1n) is 6.71. The highest BCUT2D eigenvalue weighted by Gasteiger charge is 2.03. The summed E-state index contributed by atoms with van der Waals surface area (Å²) in [6.07, 6.45) is 9.72. The minimum atomic E-state index is -0.246. The number of hydrogen-bond donors (Lipinski definition) is 1. The van der Waals surface area contributed by atoms with E-state index in [1.54, 1.807) is 42.9 Å². The van der Waals surface area contributed by atoms with Gasteiger partial charge in [-0.15, -0.1) is 0 Å². The molecule has 0 saturated carbocycles. The van der Waals surface area contributed by atoms with Gasteiger partial charge in [-0.3, -0.25) is 9.36 Å². The van der Waals surface area contributed by atoms with Crippen molar-refractivity contribution in [2.24, 2.45) is 0 Å². The fraction of sp³-hybridized carbons (Fsp3) is 0.0625. The summed E-state index contributed by atoms with van der Waals surface area (Å²) in [6.45, 7) is 1.90. The number of carbonyl (C=O) groups is 1. The van der Waals surface area contributed by atoms with Gasteiger partial charge in [-0.1, -0.05) is 0 Å². The van der Waals surface area contributed by atoms with Crippen molar-refractivity contribution in [2.75, 3.05) is 5.32 Å². The highest BCUT2D eigenvalue weighted by atomic mass is 16.3. The second kappa shape index (κ2) is 6.09. The zero-order chi connectivity index (χ0) is 15.4. The molecule has 22 heavy (non-hydrogen) atoms. The predicted molar refractivity (Wildman–Crippen MR) is 82.5 cm³/mol. The number of nitrogens with zero attached hydrogens (tertiary/aromatic N) is 3. The third-order valence-corrected chi connectivity index (χ3v) is 3.03. The van der Waals surface area contributed by atoms with E-state index in [9.17, 15) is 4.79 Å². The van der Waals surface area contributed by atoms with Gasteiger partial charge in [0.05, 0.1) is 18.1 Å². The Labute approximate surface area is 127 Å². The summed E-state index contributed by atoms with van der Waals surface area (Å²) < 4.78 is 6.98. The topological polar surface area (TPSA) is 73.0 Å². The molecule has 0 aliphatic rings. The molecule has 0 aliphatic carbocycles. The average molecular weight is 294 g/mol. The first kappa shape index (κ1) is 13.8. The molecule has 0 unspecified atom stereocenters. The number of anilines is 1. The molecule has 6 heteroatoms. The average Bonchev–Trinajstić information content (AvgIpc) is 3.17. The smallest absolute Gasteiger partial charge is 0.248 e. The van der Waals surface area contributed by atoms with Gasteiger partial charge in [-0.05, 0) is 37.3 Å². The minimum absolute atomic E-state index is 0.246. The summed E-state index contributed by atoms with van der Waals surface area (Å²) in [5.41, 5.74) is 0.621. The van der Waals surface area contributed by atoms with Gasteiger partial charge in [-0.2, -0.15) is 0 Å². The van der Waals surface area contributed by atoms with E-state index in [0.717, 1.165) is 11.6 Å². The van der Waals surface area contributed by atoms with Gasteiger partial charge < -0.3 is 9.73 Å². The quantitative estimate of drug-likeness (QED) is 0.751. The Hall–Kier alpha value is -3.15. The molecule has 0 radical (unpaired) electrons. The number of imidazole rings is 1. The van der Waals surface area contributed by atoms with Gasteiger partial charge in [-0.25, -0.2) is 9.97 Å². The van der Waals surface area contributed by atoms with E-state index in [0.29, 0.717) is 11.4 Å². The number of aryl methyl sites for hydroxylation is 1. The Morgan fingerprint density at radius 2 is 2.23 bits per heavy atom. The molecule has 110 valence electrons. The van der Waals surface area contributed by atoms with Crippen molar-refractivity contribution in [2.45, 2.75) is 6.92 Å². The molecule has 1 amide bonds. The monoisotopic (exact) mass is 294 g/mol. The highest BCUT2D eigenvalue weighted by Crippen LogP contribution is 2.11. The number of nitrogens with one attached hydrogen (secondary N) is 1. The molecule has 0 bridgehead atoms. The molecular weight excluding hydrogens is 280 g/mol. The van der Waals surface area contributed by atoms with Gasteiger partial charge in [0.15, 0.2) is 0 Å². The summed E-state index contributed by atoms with van der Waals surface area (Å²) in [6, 6.07) is 7.15. The van der Waals surface area contributed by atoms with E-state index in [4.69, 9.17) is 4.42 Å². The molecule has 3 aromatic rings. The fourth-order valence-electron chi connectivity index (χ4n) is 1.95. The Morgan fingerprint density at radius 3 is 2.86 bits per heavy atom. The molecule has 3 aromatic heterocycles. The molecule has 0 fully saturated rings. The molecule has 0 aromatic carbocycles. The number of hydrogen-bond acceptors (Lipinski definition) is 4. The van der Waals surface area contributed by atoms with Gasteiger partial charge >= 0.3 is 0 Å². The lowest BCUT2D eigenvalue weighted by Crippen LogP contribution is -2.08. The second-order valence-electron chi connectivity index (χ2n) is 4.59. The van der Waals surface area contributed by atoms with E-state index < -0.39 is 0 Å². The SMILES string of the molecule is Cc1nccn1-c1ccc(NC(=O)/C=C/c2ccco2)cn1. The minimum Gasteiger partial charge on any atom is -0.465 e. The lowest BCUT2D eigenvalue weighted by molar-refractivity contribution is -0.111. The van der Waals surface area contributed by atoms with Crippen molar-refractivity contribution in [3.8, 4) is 5.82 Å². The molecule has 0 aliphatic heterocycles. The fourth-order valence-corrected chi connectivity index (χ4v) is 1.95. The second-order valence-corrected chi connectivity index (χ2v) is 4.59. The van der Waals surface area contributed by atoms with Gasteiger partial charge in [0.25, 0.3) is 0 Å². The normalized spacial score (nSPS) is 11.0. The van der Waals surface area contributed by atoms with Crippen LogP contribution in [0.5, 0.6) is 0 Å². The maximum atomic E-state index is 11.8. The molecule has 0 saturated heterocycles. The van der Waals surface area contributed by atoms with Crippen LogP contribution in [0.15, 0.2) is 59.6 Å². The highest BCUT2D eigenvalue weighted by molar-refractivity contribution is 6.01. The van der Waals surface area contributed by atoms with Crippen molar-refractivity contribution >= 4 is 17.7 Å². The van der Waals surface area contributed by atoms with Crippen LogP contribution in [0.1, 0.15) is 11.6 Å². The standard InChI is InChI=1S/C16H14N4O2/c1-12-17-8-9-20(12)15-6-4-13(11-18-15)19-16(21)7-5-14-3-2-10-22-14/h2-11H,1H3,(H,19,21)/b7-5+. The zero-order valence-corrected chi connectivity index (χ0v) is 11.9. The third-order valence-electron chi connectivity index (χ3n) is 3.03. The number of rotatable bonds is 4. The van der Waals surface area contributed by atoms with E-state index in [1.165, 1.54) is 6.08 Å². The maximum Gasteiger partial charge on any atom is 0.248 e. The lowest BCUT2D eigenvalue weighted by atomic mass is 10.3. The van der Waals surface area contributed by atoms with Crippen LogP contribution in [-0.2, 0) is 4.79 Å². The summed E-state index contributed by atoms with van der Waals surface area (Å²) >= 11 is 0. The van der Waals surface area contributed by atoms with Crippen LogP contribution in [0, 0.1) is 6.92 Å². The summed E-state index contributed by atoms with van der Waals surface area (Å²) in [7, 11) is 0. The van der Waals surface area contributed by atoms with Crippen molar-refractivity contribution in [3.05, 3.63) is 66.8 Å². The molecule has 0 atom stereocenters. The van der Waals surface area contributed by atoms with Crippen LogP contribution in [0.3, 0.4) is 0 Å². The lowest BCUT2D eigenvalue weighted by Gasteiger charge is -2.05. The molecule has 1 N–H and O–H groups in total. The van der Waals surface area contributed by atoms with Gasteiger partial charge in [0, 0.05) is 18.5 Å².